The maximum Gasteiger partial charge on any atom is 0.0491 e. The molecular formula is C64H69NS4. The number of nitrogens with zero attached hydrogens (tertiary/aromatic N) is 1. The lowest BCUT2D eigenvalue weighted by Crippen LogP contribution is -1.96. The highest BCUT2D eigenvalue weighted by Crippen LogP contribution is 2.40. The van der Waals surface area contributed by atoms with E-state index in [2.05, 4.69) is 183 Å². The van der Waals surface area contributed by atoms with Crippen molar-refractivity contribution >= 4 is 91.5 Å². The van der Waals surface area contributed by atoms with Crippen LogP contribution in [0.3, 0.4) is 0 Å². The van der Waals surface area contributed by atoms with Crippen molar-refractivity contribution in [3.05, 3.63) is 165 Å². The van der Waals surface area contributed by atoms with Gasteiger partial charge in [0.05, 0.1) is 0 Å². The van der Waals surface area contributed by atoms with Crippen LogP contribution in [-0.2, 0) is 19.4 Å². The maximum absolute atomic E-state index is 2.53. The molecule has 0 saturated carbocycles. The second kappa shape index (κ2) is 24.7. The van der Waals surface area contributed by atoms with Crippen LogP contribution < -0.4 is 0 Å². The molecule has 9 aromatic rings. The number of hydrogen-bond acceptors (Lipinski definition) is 4. The van der Waals surface area contributed by atoms with Crippen molar-refractivity contribution in [3.8, 4) is 40.4 Å². The van der Waals surface area contributed by atoms with Gasteiger partial charge in [-0.15, -0.1) is 45.3 Å². The summed E-state index contributed by atoms with van der Waals surface area (Å²) in [5.74, 6) is 0. The van der Waals surface area contributed by atoms with Crippen molar-refractivity contribution in [3.63, 3.8) is 0 Å². The summed E-state index contributed by atoms with van der Waals surface area (Å²) >= 11 is 7.77. The zero-order valence-corrected chi connectivity index (χ0v) is 44.4. The van der Waals surface area contributed by atoms with E-state index in [9.17, 15) is 0 Å². The second-order valence-electron chi connectivity index (χ2n) is 18.9. The minimum atomic E-state index is 1.03. The van der Waals surface area contributed by atoms with Gasteiger partial charge in [0, 0.05) is 67.4 Å². The van der Waals surface area contributed by atoms with E-state index < -0.39 is 0 Å². The smallest absolute Gasteiger partial charge is 0.0491 e. The van der Waals surface area contributed by atoms with E-state index in [1.165, 1.54) is 191 Å². The number of rotatable bonds is 25. The van der Waals surface area contributed by atoms with Crippen LogP contribution in [0.15, 0.2) is 133 Å². The third-order valence-electron chi connectivity index (χ3n) is 13.5. The molecule has 0 aliphatic carbocycles. The molecule has 0 spiro atoms. The Labute approximate surface area is 428 Å². The Morgan fingerprint density at radius 2 is 0.696 bits per heavy atom. The molecule has 354 valence electrons. The molecule has 0 radical (unpaired) electrons. The van der Waals surface area contributed by atoms with Crippen LogP contribution in [0.1, 0.15) is 143 Å². The minimum absolute atomic E-state index is 1.03. The Bertz CT molecular complexity index is 2860. The molecule has 0 aliphatic rings. The highest BCUT2D eigenvalue weighted by Gasteiger charge is 2.13. The lowest BCUT2D eigenvalue weighted by atomic mass is 10.0. The van der Waals surface area contributed by atoms with Gasteiger partial charge in [-0.2, -0.15) is 0 Å². The van der Waals surface area contributed by atoms with Crippen molar-refractivity contribution in [2.75, 3.05) is 0 Å². The summed E-state index contributed by atoms with van der Waals surface area (Å²) in [6.45, 7) is 7.89. The topological polar surface area (TPSA) is 4.93 Å². The quantitative estimate of drug-likeness (QED) is 0.0397. The second-order valence-corrected chi connectivity index (χ2v) is 23.4. The standard InChI is InChI=1S/C64H69NS4/c1-4-7-10-12-14-16-18-53-34-38-61(66-53)63-42-40-59(68-63)51-30-24-47(25-31-51)20-22-49-28-36-57-55(45-49)56-46-50(29-37-58(56)65(57)44-9-6-3)23-21-48-26-32-52(33-27-48)60-41-43-64(69-60)62-39-35-54(67-62)19-17-15-13-11-8-5-2/h20-43,45-46H,4-19,44H2,1-3H3. The van der Waals surface area contributed by atoms with Gasteiger partial charge in [-0.1, -0.05) is 176 Å². The molecule has 0 amide bonds. The summed E-state index contributed by atoms with van der Waals surface area (Å²) in [5.41, 5.74) is 10.1. The van der Waals surface area contributed by atoms with E-state index in [0.717, 1.165) is 13.0 Å². The Morgan fingerprint density at radius 3 is 1.14 bits per heavy atom. The minimum Gasteiger partial charge on any atom is -0.340 e. The van der Waals surface area contributed by atoms with Crippen LogP contribution in [0.5, 0.6) is 0 Å². The first-order chi connectivity index (χ1) is 34.0. The molecule has 0 aliphatic heterocycles. The average molecular weight is 981 g/mol. The number of fused-ring (bicyclic) bond motifs is 3. The van der Waals surface area contributed by atoms with Gasteiger partial charge in [0.25, 0.3) is 0 Å². The van der Waals surface area contributed by atoms with Crippen molar-refractivity contribution in [1.82, 2.24) is 4.57 Å². The fraction of sp³-hybridized carbons (Fsp3) is 0.312. The molecule has 5 heteroatoms. The summed E-state index contributed by atoms with van der Waals surface area (Å²) in [5, 5.41) is 2.64. The van der Waals surface area contributed by atoms with Crippen molar-refractivity contribution < 1.29 is 0 Å². The average Bonchev–Trinajstić information content (AvgIpc) is 4.26. The number of aryl methyl sites for hydroxylation is 3. The number of thiophene rings is 4. The van der Waals surface area contributed by atoms with E-state index in [-0.39, 0.29) is 0 Å². The van der Waals surface area contributed by atoms with E-state index >= 15 is 0 Å². The largest absolute Gasteiger partial charge is 0.340 e. The molecule has 69 heavy (non-hydrogen) atoms. The van der Waals surface area contributed by atoms with Crippen LogP contribution in [0, 0.1) is 0 Å². The lowest BCUT2D eigenvalue weighted by Gasteiger charge is -2.06. The van der Waals surface area contributed by atoms with Crippen LogP contribution in [0.25, 0.3) is 86.5 Å². The third kappa shape index (κ3) is 12.8. The van der Waals surface area contributed by atoms with Gasteiger partial charge in [0.2, 0.25) is 0 Å². The zero-order chi connectivity index (χ0) is 47.2. The van der Waals surface area contributed by atoms with Gasteiger partial charge in [-0.05, 0) is 138 Å². The van der Waals surface area contributed by atoms with E-state index in [4.69, 9.17) is 0 Å². The molecule has 5 aromatic heterocycles. The summed E-state index contributed by atoms with van der Waals surface area (Å²) in [6, 6.07) is 50.7. The molecule has 5 heterocycles. The molecule has 4 aromatic carbocycles. The summed E-state index contributed by atoms with van der Waals surface area (Å²) < 4.78 is 2.53. The number of benzene rings is 4. The van der Waals surface area contributed by atoms with Gasteiger partial charge < -0.3 is 4.57 Å². The SMILES string of the molecule is CCCCCCCCc1ccc(-c2ccc(-c3ccc(C=Cc4ccc5c(c4)c4cc(C=Cc6ccc(-c7ccc(-c8ccc(CCCCCCCC)s8)s7)cc6)ccc4n5CCCC)cc3)s2)s1. The normalized spacial score (nSPS) is 12.0. The molecular weight excluding hydrogens is 911 g/mol. The molecule has 0 atom stereocenters. The van der Waals surface area contributed by atoms with E-state index in [1.807, 2.05) is 45.3 Å². The van der Waals surface area contributed by atoms with Gasteiger partial charge in [0.1, 0.15) is 0 Å². The first-order valence-electron chi connectivity index (χ1n) is 26.1. The highest BCUT2D eigenvalue weighted by atomic mass is 32.1. The van der Waals surface area contributed by atoms with E-state index in [0.29, 0.717) is 0 Å². The lowest BCUT2D eigenvalue weighted by molar-refractivity contribution is 0.609. The molecule has 1 nitrogen and oxygen atoms in total. The maximum atomic E-state index is 2.53. The van der Waals surface area contributed by atoms with Gasteiger partial charge in [-0.25, -0.2) is 0 Å². The Morgan fingerprint density at radius 1 is 0.333 bits per heavy atom. The van der Waals surface area contributed by atoms with Crippen LogP contribution in [-0.4, -0.2) is 4.57 Å². The predicted octanol–water partition coefficient (Wildman–Crippen LogP) is 21.7. The third-order valence-corrected chi connectivity index (χ3v) is 18.5. The molecule has 0 unspecified atom stereocenters. The number of unbranched alkanes of at least 4 members (excludes halogenated alkanes) is 11. The summed E-state index contributed by atoms with van der Waals surface area (Å²) in [7, 11) is 0. The first-order valence-corrected chi connectivity index (χ1v) is 29.3. The van der Waals surface area contributed by atoms with Crippen LogP contribution in [0.4, 0.5) is 0 Å². The number of hydrogen-bond donors (Lipinski definition) is 0. The van der Waals surface area contributed by atoms with Crippen molar-refractivity contribution in [2.24, 2.45) is 0 Å². The number of aromatic nitrogens is 1. The van der Waals surface area contributed by atoms with Crippen LogP contribution in [0.2, 0.25) is 0 Å². The molecule has 9 rings (SSSR count). The Balaban J connectivity index is 0.842. The summed E-state index contributed by atoms with van der Waals surface area (Å²) in [4.78, 5) is 11.2. The van der Waals surface area contributed by atoms with Crippen molar-refractivity contribution in [2.45, 2.75) is 130 Å². The molecule has 0 N–H and O–H groups in total. The highest BCUT2D eigenvalue weighted by molar-refractivity contribution is 7.24. The van der Waals surface area contributed by atoms with Gasteiger partial charge in [-0.3, -0.25) is 0 Å². The Hall–Kier alpha value is -5.04. The molecule has 0 saturated heterocycles. The Kier molecular flexibility index (Phi) is 17.5. The fourth-order valence-corrected chi connectivity index (χ4v) is 13.8. The van der Waals surface area contributed by atoms with Crippen molar-refractivity contribution in [1.29, 1.82) is 0 Å². The van der Waals surface area contributed by atoms with E-state index in [1.54, 1.807) is 0 Å². The van der Waals surface area contributed by atoms with Gasteiger partial charge in [0.15, 0.2) is 0 Å². The molecule has 0 bridgehead atoms. The monoisotopic (exact) mass is 979 g/mol. The fourth-order valence-electron chi connectivity index (χ4n) is 9.51. The zero-order valence-electron chi connectivity index (χ0n) is 41.1. The first kappa shape index (κ1) is 49.0. The molecule has 0 fully saturated rings. The predicted molar refractivity (Wildman–Crippen MR) is 313 cm³/mol. The summed E-state index contributed by atoms with van der Waals surface area (Å²) in [6.07, 6.45) is 30.0. The van der Waals surface area contributed by atoms with Gasteiger partial charge >= 0.3 is 0 Å². The van der Waals surface area contributed by atoms with Crippen LogP contribution >= 0.6 is 45.3 Å².